The number of aromatic hydroxyl groups is 1. The SMILES string of the molecule is Oc1ccc(-c2csc(/N=C/c3cccnc3)n2)cc1. The second-order valence-corrected chi connectivity index (χ2v) is 4.94. The van der Waals surface area contributed by atoms with Gasteiger partial charge in [-0.05, 0) is 30.3 Å². The van der Waals surface area contributed by atoms with Crippen molar-refractivity contribution in [1.29, 1.82) is 0 Å². The first-order valence-electron chi connectivity index (χ1n) is 6.00. The Morgan fingerprint density at radius 3 is 2.75 bits per heavy atom. The van der Waals surface area contributed by atoms with E-state index in [0.717, 1.165) is 16.8 Å². The number of nitrogens with zero attached hydrogens (tertiary/aromatic N) is 3. The molecule has 3 rings (SSSR count). The fourth-order valence-corrected chi connectivity index (χ4v) is 2.34. The van der Waals surface area contributed by atoms with Gasteiger partial charge in [0, 0.05) is 35.1 Å². The molecule has 2 aromatic heterocycles. The summed E-state index contributed by atoms with van der Waals surface area (Å²) >= 11 is 1.48. The van der Waals surface area contributed by atoms with E-state index in [1.807, 2.05) is 29.6 Å². The molecule has 1 N–H and O–H groups in total. The van der Waals surface area contributed by atoms with E-state index in [1.54, 1.807) is 30.7 Å². The highest BCUT2D eigenvalue weighted by Gasteiger charge is 2.03. The van der Waals surface area contributed by atoms with Crippen molar-refractivity contribution < 1.29 is 5.11 Å². The van der Waals surface area contributed by atoms with Gasteiger partial charge in [-0.1, -0.05) is 6.07 Å². The minimum Gasteiger partial charge on any atom is -0.508 e. The molecule has 0 saturated heterocycles. The molecule has 0 aliphatic carbocycles. The van der Waals surface area contributed by atoms with Crippen LogP contribution in [0, 0.1) is 0 Å². The Morgan fingerprint density at radius 2 is 2.00 bits per heavy atom. The summed E-state index contributed by atoms with van der Waals surface area (Å²) in [6.07, 6.45) is 5.22. The molecule has 0 aliphatic rings. The smallest absolute Gasteiger partial charge is 0.209 e. The number of phenols is 1. The van der Waals surface area contributed by atoms with Gasteiger partial charge in [0.25, 0.3) is 0 Å². The third-order valence-corrected chi connectivity index (χ3v) is 3.41. The van der Waals surface area contributed by atoms with Crippen molar-refractivity contribution >= 4 is 22.7 Å². The van der Waals surface area contributed by atoms with Gasteiger partial charge in [-0.25, -0.2) is 9.98 Å². The highest BCUT2D eigenvalue weighted by Crippen LogP contribution is 2.27. The maximum absolute atomic E-state index is 9.27. The van der Waals surface area contributed by atoms with Crippen molar-refractivity contribution in [3.8, 4) is 17.0 Å². The van der Waals surface area contributed by atoms with Gasteiger partial charge in [-0.15, -0.1) is 11.3 Å². The van der Waals surface area contributed by atoms with Crippen molar-refractivity contribution in [3.05, 3.63) is 59.7 Å². The Balaban J connectivity index is 1.80. The normalized spacial score (nSPS) is 11.0. The van der Waals surface area contributed by atoms with E-state index in [4.69, 9.17) is 0 Å². The van der Waals surface area contributed by atoms with Crippen molar-refractivity contribution in [2.24, 2.45) is 4.99 Å². The Kier molecular flexibility index (Phi) is 3.52. The zero-order valence-corrected chi connectivity index (χ0v) is 11.3. The van der Waals surface area contributed by atoms with Crippen molar-refractivity contribution in [3.63, 3.8) is 0 Å². The van der Waals surface area contributed by atoms with Gasteiger partial charge in [0.1, 0.15) is 5.75 Å². The van der Waals surface area contributed by atoms with E-state index in [0.29, 0.717) is 5.13 Å². The molecule has 0 spiro atoms. The van der Waals surface area contributed by atoms with Gasteiger partial charge in [-0.3, -0.25) is 4.98 Å². The number of pyridine rings is 1. The molecule has 2 heterocycles. The lowest BCUT2D eigenvalue weighted by Crippen LogP contribution is -1.80. The molecule has 20 heavy (non-hydrogen) atoms. The summed E-state index contributed by atoms with van der Waals surface area (Å²) in [6.45, 7) is 0. The molecule has 98 valence electrons. The molecule has 0 amide bonds. The zero-order valence-electron chi connectivity index (χ0n) is 10.5. The van der Waals surface area contributed by atoms with Crippen LogP contribution in [0.2, 0.25) is 0 Å². The average Bonchev–Trinajstić information content (AvgIpc) is 2.96. The van der Waals surface area contributed by atoms with E-state index >= 15 is 0 Å². The fourth-order valence-electron chi connectivity index (χ4n) is 1.67. The summed E-state index contributed by atoms with van der Waals surface area (Å²) in [5.41, 5.74) is 2.75. The molecule has 0 atom stereocenters. The van der Waals surface area contributed by atoms with Gasteiger partial charge < -0.3 is 5.11 Å². The predicted molar refractivity (Wildman–Crippen MR) is 80.7 cm³/mol. The summed E-state index contributed by atoms with van der Waals surface area (Å²) in [6, 6.07) is 10.8. The highest BCUT2D eigenvalue weighted by atomic mass is 32.1. The quantitative estimate of drug-likeness (QED) is 0.745. The molecular weight excluding hydrogens is 270 g/mol. The van der Waals surface area contributed by atoms with Crippen LogP contribution in [0.4, 0.5) is 5.13 Å². The Hall–Kier alpha value is -2.53. The summed E-state index contributed by atoms with van der Waals surface area (Å²) < 4.78 is 0. The number of aromatic nitrogens is 2. The summed E-state index contributed by atoms with van der Waals surface area (Å²) in [7, 11) is 0. The molecule has 0 saturated carbocycles. The van der Waals surface area contributed by atoms with E-state index in [2.05, 4.69) is 15.0 Å². The number of phenolic OH excluding ortho intramolecular Hbond substituents is 1. The monoisotopic (exact) mass is 281 g/mol. The first-order chi connectivity index (χ1) is 9.81. The largest absolute Gasteiger partial charge is 0.508 e. The van der Waals surface area contributed by atoms with Crippen LogP contribution in [0.5, 0.6) is 5.75 Å². The van der Waals surface area contributed by atoms with Crippen LogP contribution < -0.4 is 0 Å². The van der Waals surface area contributed by atoms with E-state index in [1.165, 1.54) is 11.3 Å². The van der Waals surface area contributed by atoms with Crippen molar-refractivity contribution in [2.75, 3.05) is 0 Å². The zero-order chi connectivity index (χ0) is 13.8. The first kappa shape index (κ1) is 12.5. The fraction of sp³-hybridized carbons (Fsp3) is 0. The Bertz CT molecular complexity index is 720. The minimum atomic E-state index is 0.249. The van der Waals surface area contributed by atoms with Crippen LogP contribution in [0.15, 0.2) is 59.2 Å². The third-order valence-electron chi connectivity index (χ3n) is 2.66. The number of hydrogen-bond donors (Lipinski definition) is 1. The van der Waals surface area contributed by atoms with E-state index in [-0.39, 0.29) is 5.75 Å². The van der Waals surface area contributed by atoms with Crippen molar-refractivity contribution in [2.45, 2.75) is 0 Å². The van der Waals surface area contributed by atoms with Gasteiger partial charge >= 0.3 is 0 Å². The maximum atomic E-state index is 9.27. The number of aliphatic imine (C=N–C) groups is 1. The number of thiazole rings is 1. The second kappa shape index (κ2) is 5.63. The molecule has 0 fully saturated rings. The van der Waals surface area contributed by atoms with Crippen LogP contribution in [-0.2, 0) is 0 Å². The molecule has 0 bridgehead atoms. The topological polar surface area (TPSA) is 58.4 Å². The van der Waals surface area contributed by atoms with Gasteiger partial charge in [0.15, 0.2) is 0 Å². The van der Waals surface area contributed by atoms with Crippen LogP contribution in [0.25, 0.3) is 11.3 Å². The summed E-state index contributed by atoms with van der Waals surface area (Å²) in [4.78, 5) is 12.8. The molecule has 1 aromatic carbocycles. The standard InChI is InChI=1S/C15H11N3OS/c19-13-5-3-12(4-6-13)14-10-20-15(18-14)17-9-11-2-1-7-16-8-11/h1-10,19H/b17-9+. The highest BCUT2D eigenvalue weighted by molar-refractivity contribution is 7.13. The van der Waals surface area contributed by atoms with Gasteiger partial charge in [0.2, 0.25) is 5.13 Å². The van der Waals surface area contributed by atoms with Crippen LogP contribution in [0.3, 0.4) is 0 Å². The number of hydrogen-bond acceptors (Lipinski definition) is 5. The molecule has 5 heteroatoms. The summed E-state index contributed by atoms with van der Waals surface area (Å²) in [5.74, 6) is 0.249. The maximum Gasteiger partial charge on any atom is 0.209 e. The minimum absolute atomic E-state index is 0.249. The van der Waals surface area contributed by atoms with E-state index < -0.39 is 0 Å². The van der Waals surface area contributed by atoms with E-state index in [9.17, 15) is 5.11 Å². The molecular formula is C15H11N3OS. The lowest BCUT2D eigenvalue weighted by atomic mass is 10.2. The molecule has 0 unspecified atom stereocenters. The lowest BCUT2D eigenvalue weighted by molar-refractivity contribution is 0.475. The third kappa shape index (κ3) is 2.89. The Labute approximate surface area is 120 Å². The molecule has 0 aliphatic heterocycles. The second-order valence-electron chi connectivity index (χ2n) is 4.11. The van der Waals surface area contributed by atoms with Crippen LogP contribution in [0.1, 0.15) is 5.56 Å². The average molecular weight is 281 g/mol. The van der Waals surface area contributed by atoms with Crippen LogP contribution >= 0.6 is 11.3 Å². The lowest BCUT2D eigenvalue weighted by Gasteiger charge is -1.95. The van der Waals surface area contributed by atoms with Gasteiger partial charge in [0.05, 0.1) is 5.69 Å². The number of benzene rings is 1. The van der Waals surface area contributed by atoms with Crippen LogP contribution in [-0.4, -0.2) is 21.3 Å². The molecule has 0 radical (unpaired) electrons. The van der Waals surface area contributed by atoms with Gasteiger partial charge in [-0.2, -0.15) is 0 Å². The molecule has 3 aromatic rings. The first-order valence-corrected chi connectivity index (χ1v) is 6.88. The number of rotatable bonds is 3. The Morgan fingerprint density at radius 1 is 1.15 bits per heavy atom. The predicted octanol–water partition coefficient (Wildman–Crippen LogP) is 3.66. The van der Waals surface area contributed by atoms with Crippen molar-refractivity contribution in [1.82, 2.24) is 9.97 Å². The molecule has 4 nitrogen and oxygen atoms in total. The summed E-state index contributed by atoms with van der Waals surface area (Å²) in [5, 5.41) is 11.9.